The van der Waals surface area contributed by atoms with Crippen LogP contribution in [-0.4, -0.2) is 68.7 Å². The molecule has 1 saturated heterocycles. The first-order valence-corrected chi connectivity index (χ1v) is 11.5. The molecule has 2 aliphatic rings. The van der Waals surface area contributed by atoms with Crippen LogP contribution in [0.2, 0.25) is 0 Å². The van der Waals surface area contributed by atoms with Crippen molar-refractivity contribution in [2.75, 3.05) is 32.8 Å². The first-order valence-electron chi connectivity index (χ1n) is 11.5. The molecule has 3 aromatic heterocycles. The van der Waals surface area contributed by atoms with Crippen molar-refractivity contribution in [2.24, 2.45) is 0 Å². The van der Waals surface area contributed by atoms with Crippen LogP contribution < -0.4 is 5.32 Å². The molecule has 0 atom stereocenters. The Hall–Kier alpha value is -3.82. The molecule has 9 heteroatoms. The number of aromatic nitrogens is 4. The van der Waals surface area contributed by atoms with Gasteiger partial charge in [-0.05, 0) is 24.6 Å². The molecule has 1 N–H and O–H groups in total. The molecule has 6 rings (SSSR count). The number of carbonyl (C=O) groups is 2. The summed E-state index contributed by atoms with van der Waals surface area (Å²) >= 11 is 0. The third-order valence-corrected chi connectivity index (χ3v) is 6.50. The number of hydrogen-bond donors (Lipinski definition) is 1. The Kier molecular flexibility index (Phi) is 5.20. The maximum Gasteiger partial charge on any atom is 0.262 e. The van der Waals surface area contributed by atoms with Crippen molar-refractivity contribution in [3.63, 3.8) is 0 Å². The number of hydrogen-bond acceptors (Lipinski definition) is 6. The van der Waals surface area contributed by atoms with E-state index in [2.05, 4.69) is 31.0 Å². The Balaban J connectivity index is 1.42. The van der Waals surface area contributed by atoms with Gasteiger partial charge in [0.05, 0.1) is 24.4 Å². The molecule has 4 aromatic rings. The zero-order chi connectivity index (χ0) is 23.1. The highest BCUT2D eigenvalue weighted by atomic mass is 16.5. The normalized spacial score (nSPS) is 17.3. The number of pyridine rings is 1. The van der Waals surface area contributed by atoms with Crippen LogP contribution in [-0.2, 0) is 20.9 Å². The molecule has 0 spiro atoms. The molecule has 0 unspecified atom stereocenters. The van der Waals surface area contributed by atoms with Gasteiger partial charge in [-0.3, -0.25) is 24.2 Å². The topological polar surface area (TPSA) is 93.8 Å². The van der Waals surface area contributed by atoms with Gasteiger partial charge in [0.1, 0.15) is 0 Å². The zero-order valence-corrected chi connectivity index (χ0v) is 18.6. The van der Waals surface area contributed by atoms with E-state index in [1.165, 1.54) is 0 Å². The Morgan fingerprint density at radius 2 is 1.71 bits per heavy atom. The van der Waals surface area contributed by atoms with Crippen LogP contribution in [0.25, 0.3) is 27.7 Å². The van der Waals surface area contributed by atoms with E-state index in [-0.39, 0.29) is 5.57 Å². The van der Waals surface area contributed by atoms with Crippen molar-refractivity contribution in [3.8, 4) is 0 Å². The highest BCUT2D eigenvalue weighted by Gasteiger charge is 2.36. The number of imide groups is 1. The number of morpholine rings is 1. The number of aryl methyl sites for hydroxylation is 1. The summed E-state index contributed by atoms with van der Waals surface area (Å²) in [6.45, 7) is 5.29. The van der Waals surface area contributed by atoms with Crippen LogP contribution in [0.15, 0.2) is 54.9 Å². The molecule has 0 saturated carbocycles. The molecule has 0 aliphatic carbocycles. The lowest BCUT2D eigenvalue weighted by Crippen LogP contribution is -2.37. The van der Waals surface area contributed by atoms with E-state index in [1.807, 2.05) is 42.6 Å². The zero-order valence-electron chi connectivity index (χ0n) is 18.6. The minimum Gasteiger partial charge on any atom is -0.379 e. The number of fused-ring (bicyclic) bond motifs is 2. The number of rotatable bonds is 6. The largest absolute Gasteiger partial charge is 0.379 e. The van der Waals surface area contributed by atoms with Gasteiger partial charge in [0.15, 0.2) is 11.5 Å². The molecule has 1 aromatic carbocycles. The van der Waals surface area contributed by atoms with Crippen LogP contribution in [0.4, 0.5) is 0 Å². The Morgan fingerprint density at radius 1 is 0.912 bits per heavy atom. The third-order valence-electron chi connectivity index (χ3n) is 6.50. The summed E-state index contributed by atoms with van der Waals surface area (Å²) in [5.74, 6) is -0.510. The Bertz CT molecular complexity index is 1440. The SMILES string of the molecule is O=C1NC(=O)C(c2nnc3ccccn23)=C1c1cn(CCCN2CCOCC2)c2ccccc12. The fourth-order valence-corrected chi connectivity index (χ4v) is 4.86. The molecule has 0 bridgehead atoms. The van der Waals surface area contributed by atoms with Gasteiger partial charge >= 0.3 is 0 Å². The Labute approximate surface area is 195 Å². The van der Waals surface area contributed by atoms with Crippen molar-refractivity contribution >= 4 is 39.5 Å². The van der Waals surface area contributed by atoms with E-state index in [0.717, 1.165) is 62.3 Å². The van der Waals surface area contributed by atoms with E-state index in [1.54, 1.807) is 10.6 Å². The molecule has 172 valence electrons. The van der Waals surface area contributed by atoms with Gasteiger partial charge in [-0.2, -0.15) is 0 Å². The summed E-state index contributed by atoms with van der Waals surface area (Å²) < 4.78 is 9.35. The summed E-state index contributed by atoms with van der Waals surface area (Å²) in [5, 5.41) is 11.8. The van der Waals surface area contributed by atoms with Crippen molar-refractivity contribution < 1.29 is 14.3 Å². The summed E-state index contributed by atoms with van der Waals surface area (Å²) in [6.07, 6.45) is 4.75. The smallest absolute Gasteiger partial charge is 0.262 e. The average molecular weight is 457 g/mol. The van der Waals surface area contributed by atoms with Crippen LogP contribution >= 0.6 is 0 Å². The highest BCUT2D eigenvalue weighted by molar-refractivity contribution is 6.49. The molecule has 2 aliphatic heterocycles. The lowest BCUT2D eigenvalue weighted by atomic mass is 10.0. The standard InChI is InChI=1S/C25H24N6O3/c32-24-21(22(25(33)26-24)23-28-27-20-8-3-4-11-31(20)23)18-16-30(19-7-2-1-6-17(18)19)10-5-9-29-12-14-34-15-13-29/h1-4,6-8,11,16H,5,9-10,12-15H2,(H,26,32,33). The predicted molar refractivity (Wildman–Crippen MR) is 127 cm³/mol. The molecule has 34 heavy (non-hydrogen) atoms. The second-order valence-corrected chi connectivity index (χ2v) is 8.55. The third kappa shape index (κ3) is 3.49. The maximum atomic E-state index is 13.0. The number of para-hydroxylation sites is 1. The second kappa shape index (κ2) is 8.51. The van der Waals surface area contributed by atoms with Gasteiger partial charge in [-0.15, -0.1) is 10.2 Å². The number of ether oxygens (including phenoxy) is 1. The van der Waals surface area contributed by atoms with Crippen molar-refractivity contribution in [1.82, 2.24) is 29.4 Å². The molecule has 2 amide bonds. The minimum atomic E-state index is -0.456. The molecule has 0 radical (unpaired) electrons. The van der Waals surface area contributed by atoms with Gasteiger partial charge in [0.2, 0.25) is 0 Å². The van der Waals surface area contributed by atoms with Crippen LogP contribution in [0, 0.1) is 0 Å². The van der Waals surface area contributed by atoms with Crippen LogP contribution in [0.3, 0.4) is 0 Å². The van der Waals surface area contributed by atoms with Gasteiger partial charge in [-0.25, -0.2) is 0 Å². The first-order chi connectivity index (χ1) is 16.7. The van der Waals surface area contributed by atoms with Crippen molar-refractivity contribution in [1.29, 1.82) is 0 Å². The predicted octanol–water partition coefficient (Wildman–Crippen LogP) is 1.97. The lowest BCUT2D eigenvalue weighted by Gasteiger charge is -2.26. The fourth-order valence-electron chi connectivity index (χ4n) is 4.86. The number of benzene rings is 1. The Morgan fingerprint density at radius 3 is 2.59 bits per heavy atom. The van der Waals surface area contributed by atoms with E-state index in [4.69, 9.17) is 4.74 Å². The van der Waals surface area contributed by atoms with Crippen LogP contribution in [0.1, 0.15) is 17.8 Å². The molecule has 5 heterocycles. The van der Waals surface area contributed by atoms with Gasteiger partial charge in [0, 0.05) is 55.0 Å². The average Bonchev–Trinajstić information content (AvgIpc) is 3.53. The minimum absolute atomic E-state index is 0.250. The number of nitrogens with one attached hydrogen (secondary N) is 1. The number of amides is 2. The lowest BCUT2D eigenvalue weighted by molar-refractivity contribution is -0.122. The number of nitrogens with zero attached hydrogens (tertiary/aromatic N) is 5. The van der Waals surface area contributed by atoms with E-state index >= 15 is 0 Å². The summed E-state index contributed by atoms with van der Waals surface area (Å²) in [6, 6.07) is 13.5. The molecular weight excluding hydrogens is 432 g/mol. The first kappa shape index (κ1) is 20.8. The van der Waals surface area contributed by atoms with E-state index in [0.29, 0.717) is 17.0 Å². The van der Waals surface area contributed by atoms with Crippen LogP contribution in [0.5, 0.6) is 0 Å². The monoisotopic (exact) mass is 456 g/mol. The second-order valence-electron chi connectivity index (χ2n) is 8.55. The quantitative estimate of drug-likeness (QED) is 0.446. The van der Waals surface area contributed by atoms with Gasteiger partial charge in [-0.1, -0.05) is 24.3 Å². The molecule has 1 fully saturated rings. The summed E-state index contributed by atoms with van der Waals surface area (Å²) in [5.41, 5.74) is 2.96. The molecular formula is C25H24N6O3. The van der Waals surface area contributed by atoms with Crippen molar-refractivity contribution in [3.05, 3.63) is 66.2 Å². The van der Waals surface area contributed by atoms with E-state index < -0.39 is 11.8 Å². The maximum absolute atomic E-state index is 13.0. The molecule has 9 nitrogen and oxygen atoms in total. The van der Waals surface area contributed by atoms with E-state index in [9.17, 15) is 9.59 Å². The number of carbonyl (C=O) groups excluding carboxylic acids is 2. The van der Waals surface area contributed by atoms with Crippen molar-refractivity contribution in [2.45, 2.75) is 13.0 Å². The summed E-state index contributed by atoms with van der Waals surface area (Å²) in [7, 11) is 0. The summed E-state index contributed by atoms with van der Waals surface area (Å²) in [4.78, 5) is 28.3. The van der Waals surface area contributed by atoms with Gasteiger partial charge in [0.25, 0.3) is 11.8 Å². The fraction of sp³-hybridized carbons (Fsp3) is 0.280. The van der Waals surface area contributed by atoms with Gasteiger partial charge < -0.3 is 9.30 Å². The highest BCUT2D eigenvalue weighted by Crippen LogP contribution is 2.35.